The number of anilines is 3. The number of benzene rings is 2. The van der Waals surface area contributed by atoms with E-state index in [1.807, 2.05) is 23.6 Å². The van der Waals surface area contributed by atoms with Gasteiger partial charge in [-0.25, -0.2) is 14.4 Å². The Kier molecular flexibility index (Phi) is 12.9. The highest BCUT2D eigenvalue weighted by Gasteiger charge is 2.43. The molecule has 5 amide bonds. The van der Waals surface area contributed by atoms with Gasteiger partial charge in [0, 0.05) is 66.6 Å². The number of nitrogens with one attached hydrogen (secondary N) is 4. The van der Waals surface area contributed by atoms with Crippen LogP contribution in [0, 0.1) is 11.2 Å². The van der Waals surface area contributed by atoms with Gasteiger partial charge in [0.15, 0.2) is 16.7 Å². The Morgan fingerprint density at radius 3 is 2.64 bits per heavy atom. The van der Waals surface area contributed by atoms with Crippen LogP contribution >= 0.6 is 22.9 Å². The fourth-order valence-electron chi connectivity index (χ4n) is 7.66. The largest absolute Gasteiger partial charge is 0.487 e. The van der Waals surface area contributed by atoms with Crippen molar-refractivity contribution in [2.45, 2.75) is 76.5 Å². The van der Waals surface area contributed by atoms with Crippen LogP contribution in [-0.2, 0) is 36.9 Å². The van der Waals surface area contributed by atoms with E-state index in [2.05, 4.69) is 26.3 Å². The van der Waals surface area contributed by atoms with E-state index in [0.29, 0.717) is 79.3 Å². The summed E-state index contributed by atoms with van der Waals surface area (Å²) in [6.07, 6.45) is 5.49. The normalized spacial score (nSPS) is 20.3. The van der Waals surface area contributed by atoms with Crippen molar-refractivity contribution in [3.8, 4) is 5.75 Å². The highest BCUT2D eigenvalue weighted by atomic mass is 35.5. The Bertz CT molecular complexity index is 2170. The van der Waals surface area contributed by atoms with Crippen LogP contribution < -0.4 is 26.0 Å². The minimum atomic E-state index is -0.769. The van der Waals surface area contributed by atoms with Crippen LogP contribution in [0.3, 0.4) is 0 Å². The third-order valence-corrected chi connectivity index (χ3v) is 11.6. The van der Waals surface area contributed by atoms with Gasteiger partial charge < -0.3 is 30.3 Å². The molecule has 58 heavy (non-hydrogen) atoms. The van der Waals surface area contributed by atoms with Gasteiger partial charge in [-0.05, 0) is 81.3 Å². The predicted octanol–water partition coefficient (Wildman–Crippen LogP) is 5.94. The summed E-state index contributed by atoms with van der Waals surface area (Å²) in [5.41, 5.74) is 1.44. The maximum absolute atomic E-state index is 14.6. The molecule has 14 nitrogen and oxygen atoms in total. The first-order chi connectivity index (χ1) is 28.1. The van der Waals surface area contributed by atoms with Gasteiger partial charge in [0.1, 0.15) is 18.5 Å². The Balaban J connectivity index is 0.887. The van der Waals surface area contributed by atoms with E-state index in [-0.39, 0.29) is 67.2 Å². The molecule has 1 unspecified atom stereocenters. The van der Waals surface area contributed by atoms with Crippen LogP contribution in [0.15, 0.2) is 66.2 Å². The number of carbonyl (C=O) groups excluding carboxylic acids is 5. The number of aromatic nitrogens is 2. The van der Waals surface area contributed by atoms with E-state index in [0.717, 1.165) is 5.69 Å². The molecule has 0 bridgehead atoms. The first-order valence-electron chi connectivity index (χ1n) is 19.2. The fraction of sp³-hybridized carbons (Fsp3) is 0.390. The van der Waals surface area contributed by atoms with Crippen LogP contribution in [0.4, 0.5) is 21.0 Å². The van der Waals surface area contributed by atoms with Crippen LogP contribution in [0.2, 0.25) is 5.02 Å². The molecule has 1 saturated carbocycles. The number of carbonyl (C=O) groups is 5. The number of nitrogens with zero attached hydrogens (tertiary/aromatic N) is 3. The van der Waals surface area contributed by atoms with Crippen molar-refractivity contribution in [2.75, 3.05) is 30.4 Å². The van der Waals surface area contributed by atoms with Gasteiger partial charge in [-0.1, -0.05) is 29.8 Å². The SMILES string of the molecule is O=C1CCC(N2Cc3c(NC(=O)COCCCCNC(=O)C4(Cc5cccc(Nc6nccs6)n5)CCC(Oc5cccc(Cl)c5F)CC4)cccc3C2=O)C(=O)N1. The van der Waals surface area contributed by atoms with Crippen LogP contribution in [0.1, 0.15) is 73.0 Å². The van der Waals surface area contributed by atoms with Gasteiger partial charge in [0.05, 0.1) is 16.5 Å². The van der Waals surface area contributed by atoms with Crippen LogP contribution in [-0.4, -0.2) is 76.3 Å². The van der Waals surface area contributed by atoms with Crippen molar-refractivity contribution < 1.29 is 37.8 Å². The van der Waals surface area contributed by atoms with Gasteiger partial charge >= 0.3 is 0 Å². The van der Waals surface area contributed by atoms with Gasteiger partial charge in [-0.3, -0.25) is 29.3 Å². The molecule has 2 fully saturated rings. The Hall–Kier alpha value is -5.45. The maximum atomic E-state index is 14.6. The number of hydrogen-bond acceptors (Lipinski definition) is 11. The zero-order valence-electron chi connectivity index (χ0n) is 31.6. The average molecular weight is 832 g/mol. The summed E-state index contributed by atoms with van der Waals surface area (Å²) in [5, 5.41) is 14.0. The summed E-state index contributed by atoms with van der Waals surface area (Å²) in [6, 6.07) is 14.6. The van der Waals surface area contributed by atoms with Crippen molar-refractivity contribution in [2.24, 2.45) is 5.41 Å². The lowest BCUT2D eigenvalue weighted by atomic mass is 9.69. The Labute approximate surface area is 343 Å². The van der Waals surface area contributed by atoms with Gasteiger partial charge in [-0.2, -0.15) is 0 Å². The number of ether oxygens (including phenoxy) is 2. The molecular weight excluding hydrogens is 789 g/mol. The molecule has 4 N–H and O–H groups in total. The number of pyridine rings is 1. The fourth-order valence-corrected chi connectivity index (χ4v) is 8.36. The van der Waals surface area contributed by atoms with Crippen molar-refractivity contribution in [3.63, 3.8) is 0 Å². The van der Waals surface area contributed by atoms with E-state index in [4.69, 9.17) is 26.1 Å². The van der Waals surface area contributed by atoms with Crippen molar-refractivity contribution in [1.82, 2.24) is 25.5 Å². The van der Waals surface area contributed by atoms with Crippen molar-refractivity contribution in [3.05, 3.63) is 93.8 Å². The standard InChI is InChI=1S/C41H43ClFN7O7S/c42-29-8-5-10-32(36(29)43)57-26-14-16-41(17-15-26,22-25-6-3-11-33(46-25)48-40-45-19-21-58-40)39(55)44-18-1-2-20-56-24-35(52)47-30-9-4-7-27-28(30)23-50(38(27)54)31-12-13-34(51)49-37(31)53/h3-11,19,21,26,31H,1-2,12-18,20,22-24H2,(H,44,55)(H,47,52)(H,45,46,48)(H,49,51,53). The highest BCUT2D eigenvalue weighted by molar-refractivity contribution is 7.13. The molecule has 4 aromatic rings. The molecule has 7 rings (SSSR count). The molecule has 17 heteroatoms. The second-order valence-corrected chi connectivity index (χ2v) is 15.9. The monoisotopic (exact) mass is 831 g/mol. The molecule has 0 spiro atoms. The van der Waals surface area contributed by atoms with E-state index in [9.17, 15) is 28.4 Å². The first kappa shape index (κ1) is 40.7. The minimum absolute atomic E-state index is 0.0107. The number of unbranched alkanes of at least 4 members (excludes halogenated alkanes) is 1. The van der Waals surface area contributed by atoms with E-state index < -0.39 is 29.1 Å². The summed E-state index contributed by atoms with van der Waals surface area (Å²) in [6.45, 7) is 0.604. The summed E-state index contributed by atoms with van der Waals surface area (Å²) >= 11 is 7.43. The molecule has 3 aliphatic rings. The quantitative estimate of drug-likeness (QED) is 0.0780. The number of imide groups is 1. The third-order valence-electron chi connectivity index (χ3n) is 10.7. The van der Waals surface area contributed by atoms with Gasteiger partial charge in [0.2, 0.25) is 23.6 Å². The molecule has 1 atom stereocenters. The number of fused-ring (bicyclic) bond motifs is 1. The van der Waals surface area contributed by atoms with Crippen molar-refractivity contribution >= 4 is 69.1 Å². The first-order valence-corrected chi connectivity index (χ1v) is 20.5. The van der Waals surface area contributed by atoms with Crippen molar-refractivity contribution in [1.29, 1.82) is 0 Å². The summed E-state index contributed by atoms with van der Waals surface area (Å²) in [5.74, 6) is -1.56. The molecular formula is C41H43ClFN7O7S. The number of piperidine rings is 1. The van der Waals surface area contributed by atoms with Crippen LogP contribution in [0.25, 0.3) is 0 Å². The molecule has 2 aromatic heterocycles. The number of amides is 5. The number of hydrogen-bond donors (Lipinski definition) is 4. The van der Waals surface area contributed by atoms with Gasteiger partial charge in [0.25, 0.3) is 5.91 Å². The van der Waals surface area contributed by atoms with Crippen LogP contribution in [0.5, 0.6) is 5.75 Å². The smallest absolute Gasteiger partial charge is 0.255 e. The number of rotatable bonds is 16. The third kappa shape index (κ3) is 9.63. The maximum Gasteiger partial charge on any atom is 0.255 e. The second kappa shape index (κ2) is 18.4. The highest BCUT2D eigenvalue weighted by Crippen LogP contribution is 2.41. The average Bonchev–Trinajstić information content (AvgIpc) is 3.85. The predicted molar refractivity (Wildman–Crippen MR) is 214 cm³/mol. The van der Waals surface area contributed by atoms with E-state index >= 15 is 0 Å². The zero-order valence-corrected chi connectivity index (χ0v) is 33.1. The molecule has 4 heterocycles. The number of thiazole rings is 1. The van der Waals surface area contributed by atoms with Gasteiger partial charge in [-0.15, -0.1) is 11.3 Å². The molecule has 1 saturated heterocycles. The number of halogens is 2. The summed E-state index contributed by atoms with van der Waals surface area (Å²) < 4.78 is 26.3. The molecule has 1 aliphatic carbocycles. The molecule has 304 valence electrons. The summed E-state index contributed by atoms with van der Waals surface area (Å²) in [4.78, 5) is 74.5. The topological polar surface area (TPSA) is 181 Å². The molecule has 0 radical (unpaired) electrons. The lowest BCUT2D eigenvalue weighted by molar-refractivity contribution is -0.137. The lowest BCUT2D eigenvalue weighted by Gasteiger charge is -2.39. The molecule has 2 aliphatic heterocycles. The Morgan fingerprint density at radius 2 is 1.84 bits per heavy atom. The lowest BCUT2D eigenvalue weighted by Crippen LogP contribution is -2.52. The van der Waals surface area contributed by atoms with E-state index in [1.54, 1.807) is 36.5 Å². The Morgan fingerprint density at radius 1 is 1.03 bits per heavy atom. The minimum Gasteiger partial charge on any atom is -0.487 e. The summed E-state index contributed by atoms with van der Waals surface area (Å²) in [7, 11) is 0. The molecule has 2 aromatic carbocycles. The second-order valence-electron chi connectivity index (χ2n) is 14.6. The zero-order chi connectivity index (χ0) is 40.6. The van der Waals surface area contributed by atoms with E-state index in [1.165, 1.54) is 22.3 Å².